The molecule has 0 aromatic heterocycles. The number of likely N-dealkylation sites (tertiary alicyclic amines) is 1. The van der Waals surface area contributed by atoms with Gasteiger partial charge < -0.3 is 25.3 Å². The molecule has 45 heavy (non-hydrogen) atoms. The molecule has 4 aliphatic rings. The number of hydrogen-bond donors (Lipinski definition) is 2. The minimum Gasteiger partial charge on any atom is -0.342 e. The van der Waals surface area contributed by atoms with Crippen LogP contribution >= 0.6 is 11.8 Å². The third-order valence-electron chi connectivity index (χ3n) is 10.0. The summed E-state index contributed by atoms with van der Waals surface area (Å²) >= 11 is 1.67. The number of piperidine rings is 2. The van der Waals surface area contributed by atoms with Crippen molar-refractivity contribution in [1.29, 1.82) is 0 Å². The number of hydrogen-bond acceptors (Lipinski definition) is 5. The number of nitrogens with one attached hydrogen (secondary N) is 2. The molecule has 0 bridgehead atoms. The third-order valence-corrected chi connectivity index (χ3v) is 11.5. The first-order valence-electron chi connectivity index (χ1n) is 16.9. The number of para-hydroxylation sites is 1. The Morgan fingerprint density at radius 2 is 1.60 bits per heavy atom. The molecule has 0 spiro atoms. The molecule has 0 radical (unpaired) electrons. The Balaban J connectivity index is 1.11. The summed E-state index contributed by atoms with van der Waals surface area (Å²) in [6.07, 6.45) is 5.68. The Labute approximate surface area is 272 Å². The number of carbonyl (C=O) groups excluding carboxylic acids is 3. The van der Waals surface area contributed by atoms with E-state index in [1.165, 1.54) is 11.1 Å². The predicted octanol–water partition coefficient (Wildman–Crippen LogP) is 6.00. The molecule has 8 nitrogen and oxygen atoms in total. The predicted molar refractivity (Wildman–Crippen MR) is 181 cm³/mol. The molecule has 3 saturated heterocycles. The van der Waals surface area contributed by atoms with Crippen LogP contribution in [0.2, 0.25) is 0 Å². The normalized spacial score (nSPS) is 23.6. The van der Waals surface area contributed by atoms with Gasteiger partial charge in [-0.15, -0.1) is 11.8 Å². The monoisotopic (exact) mass is 631 g/mol. The molecule has 0 aliphatic carbocycles. The number of carbonyl (C=O) groups is 3. The van der Waals surface area contributed by atoms with Crippen LogP contribution in [0.25, 0.3) is 0 Å². The second kappa shape index (κ2) is 13.8. The summed E-state index contributed by atoms with van der Waals surface area (Å²) in [6, 6.07) is 16.7. The topological polar surface area (TPSA) is 85.0 Å². The van der Waals surface area contributed by atoms with E-state index in [0.29, 0.717) is 32.1 Å². The molecule has 6 rings (SSSR count). The fraction of sp³-hybridized carbons (Fsp3) is 0.583. The third kappa shape index (κ3) is 7.35. The van der Waals surface area contributed by atoms with Gasteiger partial charge in [0, 0.05) is 44.3 Å². The van der Waals surface area contributed by atoms with E-state index < -0.39 is 0 Å². The minimum atomic E-state index is -0.379. The zero-order valence-corrected chi connectivity index (χ0v) is 27.9. The van der Waals surface area contributed by atoms with E-state index >= 15 is 0 Å². The number of fused-ring (bicyclic) bond motifs is 1. The highest BCUT2D eigenvalue weighted by Gasteiger charge is 2.44. The number of rotatable bonds is 7. The van der Waals surface area contributed by atoms with Crippen molar-refractivity contribution in [3.05, 3.63) is 65.2 Å². The van der Waals surface area contributed by atoms with Crippen LogP contribution in [-0.4, -0.2) is 83.1 Å². The van der Waals surface area contributed by atoms with Gasteiger partial charge in [-0.3, -0.25) is 9.59 Å². The van der Waals surface area contributed by atoms with Crippen molar-refractivity contribution < 1.29 is 14.4 Å². The first-order chi connectivity index (χ1) is 21.7. The molecule has 4 aliphatic heterocycles. The summed E-state index contributed by atoms with van der Waals surface area (Å²) in [5.41, 5.74) is 4.76. The summed E-state index contributed by atoms with van der Waals surface area (Å²) in [7, 11) is 0. The van der Waals surface area contributed by atoms with Crippen LogP contribution in [0.15, 0.2) is 48.5 Å². The zero-order chi connectivity index (χ0) is 31.6. The minimum absolute atomic E-state index is 0.0510. The molecule has 4 amide bonds. The van der Waals surface area contributed by atoms with E-state index in [9.17, 15) is 14.4 Å². The highest BCUT2D eigenvalue weighted by atomic mass is 32.2. The quantitative estimate of drug-likeness (QED) is 0.392. The van der Waals surface area contributed by atoms with Gasteiger partial charge in [-0.1, -0.05) is 63.2 Å². The average Bonchev–Trinajstić information content (AvgIpc) is 3.24. The van der Waals surface area contributed by atoms with Gasteiger partial charge in [0.05, 0.1) is 5.25 Å². The lowest BCUT2D eigenvalue weighted by Gasteiger charge is -2.38. The Kier molecular flexibility index (Phi) is 9.76. The van der Waals surface area contributed by atoms with Gasteiger partial charge in [-0.2, -0.15) is 0 Å². The molecule has 3 fully saturated rings. The molecule has 0 unspecified atom stereocenters. The molecule has 4 heterocycles. The van der Waals surface area contributed by atoms with Gasteiger partial charge in [-0.25, -0.2) is 4.79 Å². The SMILES string of the molecule is CC(C)(C)CCN1C(=O)[C@H](CC(=O)N2CCC(N3CCc4ccccc4NC3=O)CC2)S[C@H]1c1ccccc1C1CCNCC1. The molecule has 242 valence electrons. The van der Waals surface area contributed by atoms with Gasteiger partial charge in [-0.05, 0) is 85.7 Å². The number of amides is 4. The van der Waals surface area contributed by atoms with Gasteiger partial charge >= 0.3 is 6.03 Å². The highest BCUT2D eigenvalue weighted by molar-refractivity contribution is 8.01. The van der Waals surface area contributed by atoms with E-state index in [2.05, 4.69) is 66.6 Å². The number of benzene rings is 2. The molecule has 0 saturated carbocycles. The van der Waals surface area contributed by atoms with Crippen LogP contribution in [0.4, 0.5) is 10.5 Å². The van der Waals surface area contributed by atoms with Gasteiger partial charge in [0.2, 0.25) is 11.8 Å². The number of thioether (sulfide) groups is 1. The lowest BCUT2D eigenvalue weighted by molar-refractivity contribution is -0.137. The van der Waals surface area contributed by atoms with Crippen molar-refractivity contribution >= 4 is 35.3 Å². The van der Waals surface area contributed by atoms with Crippen LogP contribution in [0.3, 0.4) is 0 Å². The van der Waals surface area contributed by atoms with Crippen LogP contribution in [0, 0.1) is 5.41 Å². The zero-order valence-electron chi connectivity index (χ0n) is 27.1. The molecule has 9 heteroatoms. The fourth-order valence-corrected chi connectivity index (χ4v) is 8.86. The Morgan fingerprint density at radius 1 is 0.911 bits per heavy atom. The summed E-state index contributed by atoms with van der Waals surface area (Å²) in [4.78, 5) is 46.7. The van der Waals surface area contributed by atoms with Gasteiger partial charge in [0.1, 0.15) is 5.37 Å². The molecular weight excluding hydrogens is 582 g/mol. The largest absolute Gasteiger partial charge is 0.342 e. The fourth-order valence-electron chi connectivity index (χ4n) is 7.34. The van der Waals surface area contributed by atoms with Gasteiger partial charge in [0.25, 0.3) is 0 Å². The maximum absolute atomic E-state index is 14.0. The smallest absolute Gasteiger partial charge is 0.322 e. The van der Waals surface area contributed by atoms with E-state index in [-0.39, 0.29) is 46.3 Å². The van der Waals surface area contributed by atoms with Crippen molar-refractivity contribution in [1.82, 2.24) is 20.0 Å². The standard InChI is InChI=1S/C36H49N5O3S/c1-36(2,3)17-23-41-33(43)31(45-34(41)29-10-6-5-9-28(29)25-12-18-37-19-13-25)24-32(42)39-20-15-27(16-21-39)40-22-14-26-8-4-7-11-30(26)38-35(40)44/h4-11,25,27,31,34,37H,12-24H2,1-3H3,(H,38,44)/t31-,34-/m0/s1. The van der Waals surface area contributed by atoms with Crippen LogP contribution in [0.1, 0.15) is 87.3 Å². The first-order valence-corrected chi connectivity index (χ1v) is 17.8. The van der Waals surface area contributed by atoms with Crippen molar-refractivity contribution in [2.24, 2.45) is 5.41 Å². The first kappa shape index (κ1) is 31.9. The van der Waals surface area contributed by atoms with Crippen molar-refractivity contribution in [2.75, 3.05) is 44.6 Å². The maximum Gasteiger partial charge on any atom is 0.322 e. The lowest BCUT2D eigenvalue weighted by atomic mass is 9.86. The van der Waals surface area contributed by atoms with E-state index in [4.69, 9.17) is 0 Å². The second-order valence-corrected chi connectivity index (χ2v) is 15.6. The summed E-state index contributed by atoms with van der Waals surface area (Å²) in [6.45, 7) is 11.3. The molecule has 2 aromatic rings. The maximum atomic E-state index is 14.0. The molecular formula is C36H49N5O3S. The summed E-state index contributed by atoms with van der Waals surface area (Å²) in [5.74, 6) is 0.638. The summed E-state index contributed by atoms with van der Waals surface area (Å²) in [5, 5.41) is 6.12. The van der Waals surface area contributed by atoms with Crippen molar-refractivity contribution in [3.8, 4) is 0 Å². The van der Waals surface area contributed by atoms with Crippen LogP contribution < -0.4 is 10.6 Å². The van der Waals surface area contributed by atoms with E-state index in [1.807, 2.05) is 28.0 Å². The number of urea groups is 1. The Hall–Kier alpha value is -3.04. The van der Waals surface area contributed by atoms with Crippen molar-refractivity contribution in [3.63, 3.8) is 0 Å². The van der Waals surface area contributed by atoms with Crippen LogP contribution in [-0.2, 0) is 16.0 Å². The molecule has 2 N–H and O–H groups in total. The second-order valence-electron chi connectivity index (χ2n) is 14.3. The van der Waals surface area contributed by atoms with E-state index in [0.717, 1.165) is 62.9 Å². The Morgan fingerprint density at radius 3 is 2.33 bits per heavy atom. The highest BCUT2D eigenvalue weighted by Crippen LogP contribution is 2.47. The molecule has 2 aromatic carbocycles. The van der Waals surface area contributed by atoms with Crippen LogP contribution in [0.5, 0.6) is 0 Å². The van der Waals surface area contributed by atoms with E-state index in [1.54, 1.807) is 11.8 Å². The Bertz CT molecular complexity index is 1380. The molecule has 2 atom stereocenters. The average molecular weight is 632 g/mol. The number of nitrogens with zero attached hydrogens (tertiary/aromatic N) is 3. The van der Waals surface area contributed by atoms with Gasteiger partial charge in [0.15, 0.2) is 0 Å². The number of anilines is 1. The lowest BCUT2D eigenvalue weighted by Crippen LogP contribution is -2.50. The van der Waals surface area contributed by atoms with Crippen molar-refractivity contribution in [2.45, 2.75) is 88.3 Å². The summed E-state index contributed by atoms with van der Waals surface area (Å²) < 4.78 is 0.